The summed E-state index contributed by atoms with van der Waals surface area (Å²) in [7, 11) is 4.11. The number of aromatic nitrogens is 3. The molecule has 15 heavy (non-hydrogen) atoms. The number of rotatable bonds is 3. The molecular formula is C11H16N4. The predicted molar refractivity (Wildman–Crippen MR) is 60.0 cm³/mol. The summed E-state index contributed by atoms with van der Waals surface area (Å²) in [4.78, 5) is 6.65. The first-order chi connectivity index (χ1) is 7.16. The SMILES string of the molecule is Cc1cccn2nc(CCN(C)C)nc12. The highest BCUT2D eigenvalue weighted by atomic mass is 15.3. The maximum Gasteiger partial charge on any atom is 0.158 e. The van der Waals surface area contributed by atoms with E-state index in [-0.39, 0.29) is 0 Å². The molecule has 0 N–H and O–H groups in total. The number of aryl methyl sites for hydroxylation is 1. The van der Waals surface area contributed by atoms with Crippen molar-refractivity contribution in [1.82, 2.24) is 19.5 Å². The first kappa shape index (κ1) is 10.1. The van der Waals surface area contributed by atoms with E-state index in [1.165, 1.54) is 5.56 Å². The first-order valence-corrected chi connectivity index (χ1v) is 5.12. The molecule has 0 atom stereocenters. The highest BCUT2D eigenvalue weighted by Crippen LogP contribution is 2.07. The van der Waals surface area contributed by atoms with Gasteiger partial charge in [0, 0.05) is 19.2 Å². The molecule has 0 fully saturated rings. The molecule has 0 aromatic carbocycles. The van der Waals surface area contributed by atoms with Crippen molar-refractivity contribution in [2.75, 3.05) is 20.6 Å². The van der Waals surface area contributed by atoms with Crippen molar-refractivity contribution in [3.05, 3.63) is 29.7 Å². The number of hydrogen-bond acceptors (Lipinski definition) is 3. The third kappa shape index (κ3) is 2.15. The molecule has 0 aliphatic carbocycles. The average Bonchev–Trinajstić information content (AvgIpc) is 2.59. The monoisotopic (exact) mass is 204 g/mol. The minimum absolute atomic E-state index is 0.897. The molecule has 2 aromatic heterocycles. The zero-order valence-electron chi connectivity index (χ0n) is 9.44. The number of fused-ring (bicyclic) bond motifs is 1. The maximum absolute atomic E-state index is 4.51. The van der Waals surface area contributed by atoms with E-state index < -0.39 is 0 Å². The van der Waals surface area contributed by atoms with Crippen LogP contribution in [0, 0.1) is 6.92 Å². The van der Waals surface area contributed by atoms with Crippen molar-refractivity contribution >= 4 is 5.65 Å². The van der Waals surface area contributed by atoms with Crippen molar-refractivity contribution in [1.29, 1.82) is 0 Å². The van der Waals surface area contributed by atoms with Gasteiger partial charge < -0.3 is 4.90 Å². The molecule has 2 aromatic rings. The van der Waals surface area contributed by atoms with Gasteiger partial charge in [0.1, 0.15) is 0 Å². The van der Waals surface area contributed by atoms with Crippen LogP contribution in [0.4, 0.5) is 0 Å². The Morgan fingerprint density at radius 3 is 2.87 bits per heavy atom. The largest absolute Gasteiger partial charge is 0.309 e. The minimum Gasteiger partial charge on any atom is -0.309 e. The van der Waals surface area contributed by atoms with Crippen molar-refractivity contribution in [2.24, 2.45) is 0 Å². The second-order valence-corrected chi connectivity index (χ2v) is 4.04. The van der Waals surface area contributed by atoms with Crippen molar-refractivity contribution in [3.63, 3.8) is 0 Å². The lowest BCUT2D eigenvalue weighted by Crippen LogP contribution is -2.15. The Hall–Kier alpha value is -1.42. The van der Waals surface area contributed by atoms with E-state index in [2.05, 4.69) is 42.1 Å². The first-order valence-electron chi connectivity index (χ1n) is 5.12. The molecule has 2 rings (SSSR count). The average molecular weight is 204 g/mol. The zero-order chi connectivity index (χ0) is 10.8. The van der Waals surface area contributed by atoms with E-state index >= 15 is 0 Å². The molecule has 0 amide bonds. The van der Waals surface area contributed by atoms with Gasteiger partial charge in [0.2, 0.25) is 0 Å². The Balaban J connectivity index is 2.27. The van der Waals surface area contributed by atoms with Crippen molar-refractivity contribution < 1.29 is 0 Å². The molecule has 2 heterocycles. The molecular weight excluding hydrogens is 188 g/mol. The Morgan fingerprint density at radius 2 is 2.20 bits per heavy atom. The van der Waals surface area contributed by atoms with Gasteiger partial charge in [-0.15, -0.1) is 0 Å². The molecule has 0 radical (unpaired) electrons. The Labute approximate surface area is 89.5 Å². The summed E-state index contributed by atoms with van der Waals surface area (Å²) in [5.74, 6) is 0.915. The van der Waals surface area contributed by atoms with Crippen LogP contribution in [-0.4, -0.2) is 40.1 Å². The molecule has 0 saturated heterocycles. The lowest BCUT2D eigenvalue weighted by molar-refractivity contribution is 0.409. The Bertz CT molecular complexity index is 459. The summed E-state index contributed by atoms with van der Waals surface area (Å²) in [6, 6.07) is 4.05. The number of likely N-dealkylation sites (N-methyl/N-ethyl adjacent to an activating group) is 1. The van der Waals surface area contributed by atoms with E-state index in [9.17, 15) is 0 Å². The van der Waals surface area contributed by atoms with Crippen LogP contribution in [0.5, 0.6) is 0 Å². The quantitative estimate of drug-likeness (QED) is 0.751. The lowest BCUT2D eigenvalue weighted by atomic mass is 10.3. The zero-order valence-corrected chi connectivity index (χ0v) is 9.44. The summed E-state index contributed by atoms with van der Waals surface area (Å²) >= 11 is 0. The molecule has 0 unspecified atom stereocenters. The summed E-state index contributed by atoms with van der Waals surface area (Å²) in [6.45, 7) is 3.04. The van der Waals surface area contributed by atoms with E-state index in [1.54, 1.807) is 0 Å². The molecule has 0 aliphatic rings. The summed E-state index contributed by atoms with van der Waals surface area (Å²) < 4.78 is 1.85. The summed E-state index contributed by atoms with van der Waals surface area (Å²) in [6.07, 6.45) is 2.84. The van der Waals surface area contributed by atoms with Gasteiger partial charge in [0.25, 0.3) is 0 Å². The number of nitrogens with zero attached hydrogens (tertiary/aromatic N) is 4. The number of pyridine rings is 1. The molecule has 80 valence electrons. The number of hydrogen-bond donors (Lipinski definition) is 0. The van der Waals surface area contributed by atoms with Crippen LogP contribution in [0.15, 0.2) is 18.3 Å². The molecule has 0 bridgehead atoms. The van der Waals surface area contributed by atoms with Crippen LogP contribution in [0.3, 0.4) is 0 Å². The van der Waals surface area contributed by atoms with Crippen molar-refractivity contribution in [3.8, 4) is 0 Å². The Morgan fingerprint density at radius 1 is 1.40 bits per heavy atom. The molecule has 4 heteroatoms. The smallest absolute Gasteiger partial charge is 0.158 e. The van der Waals surface area contributed by atoms with Gasteiger partial charge in [-0.2, -0.15) is 5.10 Å². The summed E-state index contributed by atoms with van der Waals surface area (Å²) in [5.41, 5.74) is 2.13. The topological polar surface area (TPSA) is 33.4 Å². The second kappa shape index (κ2) is 3.98. The van der Waals surface area contributed by atoms with Crippen LogP contribution >= 0.6 is 0 Å². The van der Waals surface area contributed by atoms with Crippen LogP contribution in [0.2, 0.25) is 0 Å². The van der Waals surface area contributed by atoms with Gasteiger partial charge in [-0.3, -0.25) is 0 Å². The van der Waals surface area contributed by atoms with Gasteiger partial charge in [0.15, 0.2) is 11.5 Å². The van der Waals surface area contributed by atoms with E-state index in [1.807, 2.05) is 16.8 Å². The predicted octanol–water partition coefficient (Wildman–Crippen LogP) is 1.14. The van der Waals surface area contributed by atoms with Gasteiger partial charge in [-0.1, -0.05) is 6.07 Å². The normalized spacial score (nSPS) is 11.5. The fourth-order valence-corrected chi connectivity index (χ4v) is 1.51. The van der Waals surface area contributed by atoms with E-state index in [0.717, 1.165) is 24.4 Å². The van der Waals surface area contributed by atoms with Crippen LogP contribution in [0.25, 0.3) is 5.65 Å². The van der Waals surface area contributed by atoms with Gasteiger partial charge in [0.05, 0.1) is 0 Å². The second-order valence-electron chi connectivity index (χ2n) is 4.04. The highest BCUT2D eigenvalue weighted by Gasteiger charge is 2.05. The molecule has 0 saturated carbocycles. The van der Waals surface area contributed by atoms with Crippen LogP contribution in [0.1, 0.15) is 11.4 Å². The molecule has 4 nitrogen and oxygen atoms in total. The van der Waals surface area contributed by atoms with Crippen LogP contribution in [-0.2, 0) is 6.42 Å². The summed E-state index contributed by atoms with van der Waals surface area (Å²) in [5, 5.41) is 4.42. The standard InChI is InChI=1S/C11H16N4/c1-9-5-4-7-15-11(9)12-10(13-15)6-8-14(2)3/h4-5,7H,6,8H2,1-3H3. The van der Waals surface area contributed by atoms with E-state index in [0.29, 0.717) is 0 Å². The van der Waals surface area contributed by atoms with Crippen molar-refractivity contribution in [2.45, 2.75) is 13.3 Å². The lowest BCUT2D eigenvalue weighted by Gasteiger charge is -2.05. The third-order valence-corrected chi connectivity index (χ3v) is 2.38. The van der Waals surface area contributed by atoms with Gasteiger partial charge in [-0.25, -0.2) is 9.50 Å². The van der Waals surface area contributed by atoms with E-state index in [4.69, 9.17) is 0 Å². The van der Waals surface area contributed by atoms with Crippen LogP contribution < -0.4 is 0 Å². The molecule has 0 spiro atoms. The fraction of sp³-hybridized carbons (Fsp3) is 0.455. The molecule has 0 aliphatic heterocycles. The van der Waals surface area contributed by atoms with Gasteiger partial charge >= 0.3 is 0 Å². The third-order valence-electron chi connectivity index (χ3n) is 2.38. The Kier molecular flexibility index (Phi) is 2.68. The highest BCUT2D eigenvalue weighted by molar-refractivity contribution is 5.45. The maximum atomic E-state index is 4.51. The fourth-order valence-electron chi connectivity index (χ4n) is 1.51. The minimum atomic E-state index is 0.897. The van der Waals surface area contributed by atoms with Gasteiger partial charge in [-0.05, 0) is 32.6 Å².